The molecule has 3 aromatic rings. The number of Topliss-reactive ketones (excluding diaryl/α,β-unsaturated/α-hetero) is 1. The number of rotatable bonds is 8. The first-order valence-electron chi connectivity index (χ1n) is 9.09. The van der Waals surface area contributed by atoms with Crippen LogP contribution in [0.2, 0.25) is 0 Å². The highest BCUT2D eigenvalue weighted by Crippen LogP contribution is 2.21. The van der Waals surface area contributed by atoms with E-state index in [1.54, 1.807) is 24.3 Å². The van der Waals surface area contributed by atoms with Crippen LogP contribution in [0.15, 0.2) is 84.9 Å². The molecule has 0 unspecified atom stereocenters. The van der Waals surface area contributed by atoms with Gasteiger partial charge in [0, 0.05) is 12.2 Å². The summed E-state index contributed by atoms with van der Waals surface area (Å²) < 4.78 is 0. The normalized spacial score (nSPS) is 11.7. The van der Waals surface area contributed by atoms with Crippen molar-refractivity contribution < 1.29 is 9.90 Å². The lowest BCUT2D eigenvalue weighted by Gasteiger charge is -2.15. The average molecular weight is 357 g/mol. The minimum atomic E-state index is -0.270. The van der Waals surface area contributed by atoms with Gasteiger partial charge in [-0.25, -0.2) is 0 Å². The van der Waals surface area contributed by atoms with Gasteiger partial charge in [0.1, 0.15) is 0 Å². The summed E-state index contributed by atoms with van der Waals surface area (Å²) in [6.45, 7) is -0.0507. The van der Waals surface area contributed by atoms with E-state index in [0.717, 1.165) is 16.7 Å². The van der Waals surface area contributed by atoms with Crippen molar-refractivity contribution in [3.63, 3.8) is 0 Å². The Morgan fingerprint density at radius 2 is 1.37 bits per heavy atom. The Morgan fingerprint density at radius 3 is 1.96 bits per heavy atom. The molecule has 0 saturated carbocycles. The molecule has 0 radical (unpaired) electrons. The number of aliphatic hydroxyl groups is 1. The lowest BCUT2D eigenvalue weighted by molar-refractivity contribution is 0.106. The number of hydrogen-bond donors (Lipinski definition) is 2. The van der Waals surface area contributed by atoms with E-state index < -0.39 is 0 Å². The maximum Gasteiger partial charge on any atom is 0.206 e. The Morgan fingerprint density at radius 1 is 0.815 bits per heavy atom. The smallest absolute Gasteiger partial charge is 0.206 e. The molecule has 2 N–H and O–H groups in total. The fourth-order valence-corrected chi connectivity index (χ4v) is 3.14. The van der Waals surface area contributed by atoms with Gasteiger partial charge in [-0.1, -0.05) is 84.9 Å². The van der Waals surface area contributed by atoms with Gasteiger partial charge in [-0.15, -0.1) is 0 Å². The molecule has 136 valence electrons. The predicted molar refractivity (Wildman–Crippen MR) is 109 cm³/mol. The van der Waals surface area contributed by atoms with Gasteiger partial charge in [-0.3, -0.25) is 4.79 Å². The number of benzene rings is 3. The standard InChI is InChI=1S/C24H23NO2/c25-23(24(27)22-9-5-2-6-10-22)16-19(17-26)15-18-11-13-21(14-12-18)20-7-3-1-4-8-20/h1-14,19,25-26H,15-17H2/t19-/m0/s1. The highest BCUT2D eigenvalue weighted by atomic mass is 16.3. The summed E-state index contributed by atoms with van der Waals surface area (Å²) >= 11 is 0. The van der Waals surface area contributed by atoms with Crippen LogP contribution in [0.4, 0.5) is 0 Å². The van der Waals surface area contributed by atoms with Gasteiger partial charge in [0.15, 0.2) is 0 Å². The van der Waals surface area contributed by atoms with E-state index in [-0.39, 0.29) is 30.4 Å². The van der Waals surface area contributed by atoms with Crippen LogP contribution in [0.3, 0.4) is 0 Å². The van der Waals surface area contributed by atoms with Crippen molar-refractivity contribution in [2.45, 2.75) is 12.8 Å². The number of carbonyl (C=O) groups is 1. The van der Waals surface area contributed by atoms with Gasteiger partial charge in [-0.2, -0.15) is 0 Å². The van der Waals surface area contributed by atoms with Gasteiger partial charge < -0.3 is 10.5 Å². The van der Waals surface area contributed by atoms with E-state index >= 15 is 0 Å². The monoisotopic (exact) mass is 357 g/mol. The molecule has 0 saturated heterocycles. The van der Waals surface area contributed by atoms with Crippen LogP contribution >= 0.6 is 0 Å². The third-order valence-corrected chi connectivity index (χ3v) is 4.65. The molecule has 0 spiro atoms. The SMILES string of the molecule is N=C(C[C@@H](CO)Cc1ccc(-c2ccccc2)cc1)C(=O)c1ccccc1. The van der Waals surface area contributed by atoms with Crippen molar-refractivity contribution in [1.29, 1.82) is 5.41 Å². The largest absolute Gasteiger partial charge is 0.396 e. The van der Waals surface area contributed by atoms with Crippen molar-refractivity contribution in [3.05, 3.63) is 96.1 Å². The van der Waals surface area contributed by atoms with Crippen LogP contribution in [0.5, 0.6) is 0 Å². The van der Waals surface area contributed by atoms with Crippen molar-refractivity contribution >= 4 is 11.5 Å². The second kappa shape index (κ2) is 9.06. The molecule has 3 nitrogen and oxygen atoms in total. The molecule has 3 rings (SSSR count). The van der Waals surface area contributed by atoms with E-state index in [0.29, 0.717) is 12.0 Å². The summed E-state index contributed by atoms with van der Waals surface area (Å²) in [5.74, 6) is -0.416. The molecule has 1 atom stereocenters. The third-order valence-electron chi connectivity index (χ3n) is 4.65. The van der Waals surface area contributed by atoms with Crippen LogP contribution in [-0.4, -0.2) is 23.2 Å². The van der Waals surface area contributed by atoms with Gasteiger partial charge in [0.05, 0.1) is 5.71 Å². The molecule has 3 heteroatoms. The molecule has 0 aliphatic carbocycles. The molecule has 0 aliphatic rings. The fraction of sp³-hybridized carbons (Fsp3) is 0.167. The van der Waals surface area contributed by atoms with Crippen LogP contribution in [0.25, 0.3) is 11.1 Å². The molecule has 27 heavy (non-hydrogen) atoms. The lowest BCUT2D eigenvalue weighted by atomic mass is 9.91. The maximum atomic E-state index is 12.3. The van der Waals surface area contributed by atoms with Crippen molar-refractivity contribution in [1.82, 2.24) is 0 Å². The number of aliphatic hydroxyl groups excluding tert-OH is 1. The Kier molecular flexibility index (Phi) is 6.29. The predicted octanol–water partition coefficient (Wildman–Crippen LogP) is 4.80. The number of hydrogen-bond acceptors (Lipinski definition) is 3. The van der Waals surface area contributed by atoms with Crippen molar-refractivity contribution in [2.75, 3.05) is 6.61 Å². The first-order valence-corrected chi connectivity index (χ1v) is 9.09. The van der Waals surface area contributed by atoms with Crippen molar-refractivity contribution in [2.24, 2.45) is 5.92 Å². The Labute approximate surface area is 159 Å². The molecular weight excluding hydrogens is 334 g/mol. The maximum absolute atomic E-state index is 12.3. The Bertz CT molecular complexity index is 887. The van der Waals surface area contributed by atoms with Crippen LogP contribution < -0.4 is 0 Å². The highest BCUT2D eigenvalue weighted by molar-refractivity contribution is 6.44. The van der Waals surface area contributed by atoms with Crippen LogP contribution in [0, 0.1) is 11.3 Å². The molecule has 3 aromatic carbocycles. The second-order valence-electron chi connectivity index (χ2n) is 6.69. The fourth-order valence-electron chi connectivity index (χ4n) is 3.14. The minimum Gasteiger partial charge on any atom is -0.396 e. The average Bonchev–Trinajstić information content (AvgIpc) is 2.74. The molecule has 0 aromatic heterocycles. The Balaban J connectivity index is 1.63. The molecule has 0 heterocycles. The van der Waals surface area contributed by atoms with Gasteiger partial charge >= 0.3 is 0 Å². The zero-order chi connectivity index (χ0) is 19.1. The minimum absolute atomic E-state index is 0.0427. The summed E-state index contributed by atoms with van der Waals surface area (Å²) in [5.41, 5.74) is 3.96. The number of ketones is 1. The van der Waals surface area contributed by atoms with Gasteiger partial charge in [0.25, 0.3) is 0 Å². The zero-order valence-corrected chi connectivity index (χ0v) is 15.1. The first-order chi connectivity index (χ1) is 13.2. The molecule has 0 fully saturated rings. The summed E-state index contributed by atoms with van der Waals surface area (Å²) in [7, 11) is 0. The van der Waals surface area contributed by atoms with E-state index in [4.69, 9.17) is 5.41 Å². The van der Waals surface area contributed by atoms with Crippen molar-refractivity contribution in [3.8, 4) is 11.1 Å². The van der Waals surface area contributed by atoms with E-state index in [2.05, 4.69) is 24.3 Å². The molecular formula is C24H23NO2. The zero-order valence-electron chi connectivity index (χ0n) is 15.1. The topological polar surface area (TPSA) is 61.1 Å². The second-order valence-corrected chi connectivity index (χ2v) is 6.69. The summed E-state index contributed by atoms with van der Waals surface area (Å²) in [5, 5.41) is 17.8. The van der Waals surface area contributed by atoms with E-state index in [1.807, 2.05) is 36.4 Å². The van der Waals surface area contributed by atoms with Gasteiger partial charge in [-0.05, 0) is 35.4 Å². The molecule has 0 aliphatic heterocycles. The first kappa shape index (κ1) is 18.7. The van der Waals surface area contributed by atoms with E-state index in [9.17, 15) is 9.90 Å². The summed E-state index contributed by atoms with van der Waals surface area (Å²) in [6.07, 6.45) is 0.903. The van der Waals surface area contributed by atoms with Crippen LogP contribution in [0.1, 0.15) is 22.3 Å². The summed E-state index contributed by atoms with van der Waals surface area (Å²) in [6, 6.07) is 27.3. The molecule has 0 amide bonds. The Hall–Kier alpha value is -3.04. The summed E-state index contributed by atoms with van der Waals surface area (Å²) in [4.78, 5) is 12.3. The van der Waals surface area contributed by atoms with Gasteiger partial charge in [0.2, 0.25) is 5.78 Å². The number of nitrogens with one attached hydrogen (secondary N) is 1. The molecule has 0 bridgehead atoms. The van der Waals surface area contributed by atoms with E-state index in [1.165, 1.54) is 0 Å². The highest BCUT2D eigenvalue weighted by Gasteiger charge is 2.18. The quantitative estimate of drug-likeness (QED) is 0.449. The van der Waals surface area contributed by atoms with Crippen LogP contribution in [-0.2, 0) is 6.42 Å². The third kappa shape index (κ3) is 4.99. The lowest BCUT2D eigenvalue weighted by Crippen LogP contribution is -2.21. The number of carbonyl (C=O) groups excluding carboxylic acids is 1.